The first-order valence-electron chi connectivity index (χ1n) is 8.85. The molecule has 4 heteroatoms. The van der Waals surface area contributed by atoms with E-state index in [2.05, 4.69) is 12.1 Å². The molecule has 1 fully saturated rings. The zero-order chi connectivity index (χ0) is 17.8. The highest BCUT2D eigenvalue weighted by Gasteiger charge is 2.33. The van der Waals surface area contributed by atoms with Crippen molar-refractivity contribution in [3.8, 4) is 0 Å². The van der Waals surface area contributed by atoms with Crippen LogP contribution in [-0.4, -0.2) is 29.9 Å². The van der Waals surface area contributed by atoms with Gasteiger partial charge in [-0.05, 0) is 35.6 Å². The molecule has 1 unspecified atom stereocenters. The molecule has 1 heterocycles. The Bertz CT molecular complexity index is 719. The topological polar surface area (TPSA) is 46.3 Å². The van der Waals surface area contributed by atoms with Crippen molar-refractivity contribution in [2.75, 3.05) is 13.1 Å². The van der Waals surface area contributed by atoms with Gasteiger partial charge in [0.1, 0.15) is 5.82 Å². The molecule has 2 aromatic rings. The predicted octanol–water partition coefficient (Wildman–Crippen LogP) is 3.35. The molecule has 1 saturated heterocycles. The summed E-state index contributed by atoms with van der Waals surface area (Å²) in [7, 11) is 0. The summed E-state index contributed by atoms with van der Waals surface area (Å²) in [6.45, 7) is 3.31. The zero-order valence-electron chi connectivity index (χ0n) is 14.6. The lowest BCUT2D eigenvalue weighted by Gasteiger charge is -2.19. The Morgan fingerprint density at radius 3 is 2.68 bits per heavy atom. The van der Waals surface area contributed by atoms with Gasteiger partial charge in [-0.3, -0.25) is 4.79 Å². The van der Waals surface area contributed by atoms with Crippen LogP contribution in [0.15, 0.2) is 54.6 Å². The van der Waals surface area contributed by atoms with Crippen molar-refractivity contribution in [1.29, 1.82) is 0 Å². The van der Waals surface area contributed by atoms with Crippen LogP contribution >= 0.6 is 0 Å². The van der Waals surface area contributed by atoms with E-state index in [9.17, 15) is 9.18 Å². The number of benzene rings is 2. The molecule has 3 rings (SSSR count). The first kappa shape index (κ1) is 17.6. The standard InChI is InChI=1S/C21H25FN2O/c1-15(10-16-6-5-9-18(22)12-16)11-21(25)24-13-19(20(23)14-24)17-7-3-2-4-8-17/h2-9,12,15,19-20H,10-11,13-14,23H2,1H3/t15?,19-,20+/m0/s1. The Hall–Kier alpha value is -2.20. The predicted molar refractivity (Wildman–Crippen MR) is 97.6 cm³/mol. The Morgan fingerprint density at radius 2 is 1.96 bits per heavy atom. The van der Waals surface area contributed by atoms with Crippen molar-refractivity contribution < 1.29 is 9.18 Å². The fourth-order valence-corrected chi connectivity index (χ4v) is 3.65. The normalized spacial score (nSPS) is 21.3. The highest BCUT2D eigenvalue weighted by molar-refractivity contribution is 5.77. The largest absolute Gasteiger partial charge is 0.340 e. The number of nitrogens with two attached hydrogens (primary N) is 1. The van der Waals surface area contributed by atoms with Gasteiger partial charge in [-0.25, -0.2) is 4.39 Å². The van der Waals surface area contributed by atoms with E-state index in [-0.39, 0.29) is 29.6 Å². The number of amides is 1. The molecular formula is C21H25FN2O. The number of likely N-dealkylation sites (tertiary alicyclic amines) is 1. The third kappa shape index (κ3) is 4.45. The average Bonchev–Trinajstić information content (AvgIpc) is 2.97. The number of rotatable bonds is 5. The average molecular weight is 340 g/mol. The number of carbonyl (C=O) groups excluding carboxylic acids is 1. The van der Waals surface area contributed by atoms with Crippen molar-refractivity contribution in [3.05, 3.63) is 71.5 Å². The molecule has 25 heavy (non-hydrogen) atoms. The number of nitrogens with zero attached hydrogens (tertiary/aromatic N) is 1. The monoisotopic (exact) mass is 340 g/mol. The first-order chi connectivity index (χ1) is 12.0. The van der Waals surface area contributed by atoms with Gasteiger partial charge in [0.2, 0.25) is 5.91 Å². The van der Waals surface area contributed by atoms with Crippen LogP contribution in [0.4, 0.5) is 4.39 Å². The van der Waals surface area contributed by atoms with Gasteiger partial charge in [0.15, 0.2) is 0 Å². The van der Waals surface area contributed by atoms with E-state index in [1.54, 1.807) is 6.07 Å². The molecule has 132 valence electrons. The highest BCUT2D eigenvalue weighted by atomic mass is 19.1. The van der Waals surface area contributed by atoms with Gasteiger partial charge in [0.05, 0.1) is 0 Å². The second kappa shape index (κ2) is 7.79. The molecule has 0 aliphatic carbocycles. The number of carbonyl (C=O) groups is 1. The summed E-state index contributed by atoms with van der Waals surface area (Å²) in [6, 6.07) is 16.7. The number of hydrogen-bond acceptors (Lipinski definition) is 2. The lowest BCUT2D eigenvalue weighted by Crippen LogP contribution is -2.33. The van der Waals surface area contributed by atoms with E-state index in [0.29, 0.717) is 25.9 Å². The molecule has 0 radical (unpaired) electrons. The Balaban J connectivity index is 1.56. The smallest absolute Gasteiger partial charge is 0.222 e. The third-order valence-corrected chi connectivity index (χ3v) is 4.94. The maximum Gasteiger partial charge on any atom is 0.222 e. The molecule has 0 aromatic heterocycles. The van der Waals surface area contributed by atoms with E-state index < -0.39 is 0 Å². The molecule has 2 aromatic carbocycles. The highest BCUT2D eigenvalue weighted by Crippen LogP contribution is 2.27. The SMILES string of the molecule is CC(CC(=O)N1C[C@@H](N)[C@H](c2ccccc2)C1)Cc1cccc(F)c1. The summed E-state index contributed by atoms with van der Waals surface area (Å²) in [5.74, 6) is 0.273. The first-order valence-corrected chi connectivity index (χ1v) is 8.85. The minimum Gasteiger partial charge on any atom is -0.340 e. The lowest BCUT2D eigenvalue weighted by atomic mass is 9.95. The van der Waals surface area contributed by atoms with Crippen LogP contribution < -0.4 is 5.73 Å². The third-order valence-electron chi connectivity index (χ3n) is 4.94. The van der Waals surface area contributed by atoms with Gasteiger partial charge < -0.3 is 10.6 Å². The van der Waals surface area contributed by atoms with Crippen LogP contribution in [0.1, 0.15) is 30.4 Å². The van der Waals surface area contributed by atoms with Gasteiger partial charge in [-0.1, -0.05) is 49.4 Å². The quantitative estimate of drug-likeness (QED) is 0.907. The van der Waals surface area contributed by atoms with Crippen LogP contribution in [0.2, 0.25) is 0 Å². The Morgan fingerprint density at radius 1 is 1.20 bits per heavy atom. The summed E-state index contributed by atoms with van der Waals surface area (Å²) in [6.07, 6.45) is 1.16. The van der Waals surface area contributed by atoms with Crippen LogP contribution in [0.3, 0.4) is 0 Å². The Labute approximate surface area is 148 Å². The minimum atomic E-state index is -0.229. The molecule has 1 amide bonds. The zero-order valence-corrected chi connectivity index (χ0v) is 14.6. The maximum absolute atomic E-state index is 13.3. The summed E-state index contributed by atoms with van der Waals surface area (Å²) >= 11 is 0. The fourth-order valence-electron chi connectivity index (χ4n) is 3.65. The van der Waals surface area contributed by atoms with Gasteiger partial charge in [-0.15, -0.1) is 0 Å². The maximum atomic E-state index is 13.3. The summed E-state index contributed by atoms with van der Waals surface area (Å²) < 4.78 is 13.3. The molecule has 1 aliphatic heterocycles. The molecule has 3 atom stereocenters. The van der Waals surface area contributed by atoms with Crippen LogP contribution in [-0.2, 0) is 11.2 Å². The second-order valence-electron chi connectivity index (χ2n) is 7.12. The number of hydrogen-bond donors (Lipinski definition) is 1. The molecule has 0 bridgehead atoms. The molecule has 0 saturated carbocycles. The van der Waals surface area contributed by atoms with Crippen molar-refractivity contribution in [2.45, 2.75) is 31.7 Å². The van der Waals surface area contributed by atoms with E-state index >= 15 is 0 Å². The summed E-state index contributed by atoms with van der Waals surface area (Å²) in [5, 5.41) is 0. The lowest BCUT2D eigenvalue weighted by molar-refractivity contribution is -0.131. The minimum absolute atomic E-state index is 0.0233. The van der Waals surface area contributed by atoms with Crippen LogP contribution in [0.25, 0.3) is 0 Å². The molecular weight excluding hydrogens is 315 g/mol. The molecule has 2 N–H and O–H groups in total. The summed E-state index contributed by atoms with van der Waals surface area (Å²) in [5.41, 5.74) is 8.40. The van der Waals surface area contributed by atoms with Crippen molar-refractivity contribution >= 4 is 5.91 Å². The van der Waals surface area contributed by atoms with E-state index in [0.717, 1.165) is 5.56 Å². The Kier molecular flexibility index (Phi) is 5.49. The summed E-state index contributed by atoms with van der Waals surface area (Å²) in [4.78, 5) is 14.5. The van der Waals surface area contributed by atoms with Crippen LogP contribution in [0, 0.1) is 11.7 Å². The number of halogens is 1. The van der Waals surface area contributed by atoms with Crippen LogP contribution in [0.5, 0.6) is 0 Å². The van der Waals surface area contributed by atoms with Gasteiger partial charge in [-0.2, -0.15) is 0 Å². The van der Waals surface area contributed by atoms with Crippen molar-refractivity contribution in [1.82, 2.24) is 4.90 Å². The van der Waals surface area contributed by atoms with Gasteiger partial charge in [0.25, 0.3) is 0 Å². The fraction of sp³-hybridized carbons (Fsp3) is 0.381. The van der Waals surface area contributed by atoms with E-state index in [1.165, 1.54) is 17.7 Å². The second-order valence-corrected chi connectivity index (χ2v) is 7.12. The molecule has 0 spiro atoms. The molecule has 3 nitrogen and oxygen atoms in total. The van der Waals surface area contributed by atoms with Gasteiger partial charge in [0, 0.05) is 31.5 Å². The van der Waals surface area contributed by atoms with Crippen molar-refractivity contribution in [3.63, 3.8) is 0 Å². The molecule has 1 aliphatic rings. The van der Waals surface area contributed by atoms with Gasteiger partial charge >= 0.3 is 0 Å². The van der Waals surface area contributed by atoms with E-state index in [4.69, 9.17) is 5.73 Å². The van der Waals surface area contributed by atoms with E-state index in [1.807, 2.05) is 36.1 Å². The van der Waals surface area contributed by atoms with Crippen molar-refractivity contribution in [2.24, 2.45) is 11.7 Å².